The number of nitrogens with one attached hydrogen (secondary N) is 1. The first-order valence-corrected chi connectivity index (χ1v) is 9.06. The third kappa shape index (κ3) is 19.5. The summed E-state index contributed by atoms with van der Waals surface area (Å²) in [6.07, 6.45) is 8.20. The van der Waals surface area contributed by atoms with Crippen LogP contribution < -0.4 is 22.5 Å². The van der Waals surface area contributed by atoms with E-state index in [1.165, 1.54) is 7.05 Å². The molecule has 8 N–H and O–H groups in total. The third-order valence-corrected chi connectivity index (χ3v) is 2.33. The first-order valence-electron chi connectivity index (χ1n) is 9.06. The molecule has 0 aliphatic carbocycles. The molecule has 0 atom stereocenters. The van der Waals surface area contributed by atoms with Gasteiger partial charge in [0, 0.05) is 13.3 Å². The van der Waals surface area contributed by atoms with Crippen LogP contribution in [-0.2, 0) is 16.1 Å². The van der Waals surface area contributed by atoms with Crippen molar-refractivity contribution in [3.05, 3.63) is 36.8 Å². The molecule has 11 heteroatoms. The molecule has 0 aliphatic rings. The Morgan fingerprint density at radius 2 is 1.77 bits per heavy atom. The van der Waals surface area contributed by atoms with E-state index in [0.717, 1.165) is 18.9 Å². The van der Waals surface area contributed by atoms with Crippen LogP contribution in [0.25, 0.3) is 11.2 Å². The predicted molar refractivity (Wildman–Crippen MR) is 128 cm³/mol. The van der Waals surface area contributed by atoms with Crippen molar-refractivity contribution in [3.8, 4) is 0 Å². The smallest absolute Gasteiger partial charge is 0.300 e. The van der Waals surface area contributed by atoms with Crippen molar-refractivity contribution in [2.75, 3.05) is 18.5 Å². The number of carboxylic acid groups (broad SMARTS) is 1. The second-order valence-electron chi connectivity index (χ2n) is 4.59. The Morgan fingerprint density at radius 3 is 2.19 bits per heavy atom. The lowest BCUT2D eigenvalue weighted by Crippen LogP contribution is -2.09. The number of allylic oxidation sites excluding steroid dienone is 2. The number of hydrogen-bond donors (Lipinski definition) is 5. The van der Waals surface area contributed by atoms with Gasteiger partial charge >= 0.3 is 0 Å². The highest BCUT2D eigenvalue weighted by Crippen LogP contribution is 2.14. The van der Waals surface area contributed by atoms with Crippen LogP contribution >= 0.6 is 0 Å². The van der Waals surface area contributed by atoms with E-state index in [-0.39, 0.29) is 19.2 Å². The minimum Gasteiger partial charge on any atom is -0.481 e. The van der Waals surface area contributed by atoms with E-state index in [0.29, 0.717) is 24.1 Å². The number of nitrogen functional groups attached to an aromatic ring is 2. The third-order valence-electron chi connectivity index (χ3n) is 2.33. The van der Waals surface area contributed by atoms with E-state index < -0.39 is 5.97 Å². The lowest BCUT2D eigenvalue weighted by molar-refractivity contribution is -0.134. The quantitative estimate of drug-likeness (QED) is 0.339. The van der Waals surface area contributed by atoms with Gasteiger partial charge in [0.05, 0.1) is 18.4 Å². The molecule has 11 nitrogen and oxygen atoms in total. The maximum atomic E-state index is 9.33. The number of carbonyl (C=O) groups excluding carboxylic acids is 1. The minimum atomic E-state index is -0.833. The van der Waals surface area contributed by atoms with Crippen molar-refractivity contribution in [1.82, 2.24) is 25.3 Å². The fraction of sp³-hybridized carbons (Fsp3) is 0.400. The molecule has 0 saturated heterocycles. The van der Waals surface area contributed by atoms with E-state index in [1.807, 2.05) is 33.0 Å². The molecule has 176 valence electrons. The largest absolute Gasteiger partial charge is 0.481 e. The number of aldehydes is 1. The van der Waals surface area contributed by atoms with Crippen LogP contribution in [0.15, 0.2) is 31.1 Å². The fourth-order valence-corrected chi connectivity index (χ4v) is 1.42. The Morgan fingerprint density at radius 1 is 1.23 bits per heavy atom. The average molecular weight is 439 g/mol. The molecular weight excluding hydrogens is 400 g/mol. The van der Waals surface area contributed by atoms with Gasteiger partial charge in [0.15, 0.2) is 17.0 Å². The molecule has 0 fully saturated rings. The van der Waals surface area contributed by atoms with Crippen molar-refractivity contribution in [2.45, 2.75) is 48.1 Å². The average Bonchev–Trinajstić information content (AvgIpc) is 2.72. The van der Waals surface area contributed by atoms with Crippen LogP contribution in [0.3, 0.4) is 0 Å². The van der Waals surface area contributed by atoms with Gasteiger partial charge in [-0.1, -0.05) is 33.4 Å². The minimum absolute atomic E-state index is 0. The molecule has 0 radical (unpaired) electrons. The highest BCUT2D eigenvalue weighted by molar-refractivity contribution is 5.81. The molecule has 0 aliphatic heterocycles. The molecule has 0 saturated carbocycles. The molecular formula is C20H38N8O3. The van der Waals surface area contributed by atoms with Crippen molar-refractivity contribution in [1.29, 1.82) is 0 Å². The van der Waals surface area contributed by atoms with Crippen LogP contribution in [-0.4, -0.2) is 44.3 Å². The first kappa shape index (κ1) is 34.9. The molecule has 0 aromatic carbocycles. The lowest BCUT2D eigenvalue weighted by atomic mass is 10.4. The highest BCUT2D eigenvalue weighted by Gasteiger charge is 2.06. The predicted octanol–water partition coefficient (Wildman–Crippen LogP) is 2.30. The summed E-state index contributed by atoms with van der Waals surface area (Å²) in [5, 5.41) is 10.5. The van der Waals surface area contributed by atoms with E-state index in [9.17, 15) is 4.79 Å². The number of hydrogen-bond acceptors (Lipinski definition) is 10. The van der Waals surface area contributed by atoms with Gasteiger partial charge in [-0.25, -0.2) is 9.97 Å². The first-order chi connectivity index (χ1) is 14.3. The number of nitrogens with zero attached hydrogens (tertiary/aromatic N) is 4. The van der Waals surface area contributed by atoms with Gasteiger partial charge in [0.2, 0.25) is 5.95 Å². The van der Waals surface area contributed by atoms with Crippen molar-refractivity contribution in [2.24, 2.45) is 5.73 Å². The van der Waals surface area contributed by atoms with Crippen molar-refractivity contribution in [3.63, 3.8) is 0 Å². The Hall–Kier alpha value is -3.60. The van der Waals surface area contributed by atoms with E-state index in [1.54, 1.807) is 12.3 Å². The molecule has 0 spiro atoms. The zero-order valence-electron chi connectivity index (χ0n) is 18.3. The molecule has 2 heterocycles. The standard InChI is InChI=1S/C10H13N7.C4H6O.C2H4O2.C2H6.CH5N.CH4/c1-2-3-13-4-6-5-14-9-7(15-6)8(11)16-10(12)17-9;1-2-3-4-5;1-2(3)4;2*1-2;/h2-3,5,13H,4H2,1H3,(H4,11,12,14,16,17);2,4H,1,3H2;1H3,(H,3,4);1-2H3;2H2,1H3;1H4/b3-2+;;;;;. The Kier molecular flexibility index (Phi) is 27.5. The molecule has 2 aromatic heterocycles. The molecule has 2 aromatic rings. The number of rotatable bonds is 5. The number of anilines is 2. The zero-order chi connectivity index (χ0) is 23.9. The van der Waals surface area contributed by atoms with Crippen LogP contribution in [0.5, 0.6) is 0 Å². The number of aromatic nitrogens is 4. The maximum Gasteiger partial charge on any atom is 0.300 e. The van der Waals surface area contributed by atoms with Crippen LogP contribution in [0.1, 0.15) is 47.2 Å². The van der Waals surface area contributed by atoms with E-state index in [2.05, 4.69) is 37.6 Å². The van der Waals surface area contributed by atoms with Crippen LogP contribution in [0.2, 0.25) is 0 Å². The second kappa shape index (κ2) is 24.4. The number of fused-ring (bicyclic) bond motifs is 1. The Bertz CT molecular complexity index is 757. The molecule has 0 unspecified atom stereocenters. The normalized spacial score (nSPS) is 8.32. The SMILES string of the molecule is C.C/C=C/NCc1cnc2nc(N)nc(N)c2n1.C=CCC=O.CC.CC(=O)O.CN. The van der Waals surface area contributed by atoms with Gasteiger partial charge in [-0.05, 0) is 20.2 Å². The summed E-state index contributed by atoms with van der Waals surface area (Å²) >= 11 is 0. The number of nitrogens with two attached hydrogens (primary N) is 3. The summed E-state index contributed by atoms with van der Waals surface area (Å²) in [4.78, 5) is 34.6. The lowest BCUT2D eigenvalue weighted by Gasteiger charge is -2.04. The topological polar surface area (TPSA) is 196 Å². The van der Waals surface area contributed by atoms with Gasteiger partial charge < -0.3 is 32.4 Å². The molecule has 31 heavy (non-hydrogen) atoms. The Balaban J connectivity index is -0.000000219. The van der Waals surface area contributed by atoms with E-state index in [4.69, 9.17) is 21.4 Å². The summed E-state index contributed by atoms with van der Waals surface area (Å²) < 4.78 is 0. The van der Waals surface area contributed by atoms with Crippen LogP contribution in [0, 0.1) is 0 Å². The summed E-state index contributed by atoms with van der Waals surface area (Å²) in [5.74, 6) is -0.489. The number of aliphatic carboxylic acids is 1. The van der Waals surface area contributed by atoms with Gasteiger partial charge in [0.25, 0.3) is 5.97 Å². The van der Waals surface area contributed by atoms with Crippen LogP contribution in [0.4, 0.5) is 11.8 Å². The molecule has 0 bridgehead atoms. The second-order valence-corrected chi connectivity index (χ2v) is 4.59. The maximum absolute atomic E-state index is 9.33. The van der Waals surface area contributed by atoms with Gasteiger partial charge in [-0.3, -0.25) is 4.79 Å². The summed E-state index contributed by atoms with van der Waals surface area (Å²) in [6, 6.07) is 0. The zero-order valence-corrected chi connectivity index (χ0v) is 18.3. The van der Waals surface area contributed by atoms with Gasteiger partial charge in [-0.15, -0.1) is 6.58 Å². The molecule has 2 rings (SSSR count). The Labute approximate surface area is 184 Å². The van der Waals surface area contributed by atoms with Crippen molar-refractivity contribution < 1.29 is 14.7 Å². The van der Waals surface area contributed by atoms with Crippen molar-refractivity contribution >= 4 is 35.2 Å². The monoisotopic (exact) mass is 438 g/mol. The summed E-state index contributed by atoms with van der Waals surface area (Å²) in [6.45, 7) is 10.9. The van der Waals surface area contributed by atoms with Gasteiger partial charge in [-0.2, -0.15) is 9.97 Å². The van der Waals surface area contributed by atoms with Gasteiger partial charge in [0.1, 0.15) is 6.29 Å². The van der Waals surface area contributed by atoms with E-state index >= 15 is 0 Å². The molecule has 0 amide bonds. The number of carboxylic acids is 1. The summed E-state index contributed by atoms with van der Waals surface area (Å²) in [5.41, 5.74) is 17.3. The fourth-order valence-electron chi connectivity index (χ4n) is 1.42. The summed E-state index contributed by atoms with van der Waals surface area (Å²) in [7, 11) is 1.50. The number of carbonyl (C=O) groups is 2. The highest BCUT2D eigenvalue weighted by atomic mass is 16.4.